The molecule has 3 aromatic rings. The molecule has 136 valence electrons. The minimum absolute atomic E-state index is 0.0328. The van der Waals surface area contributed by atoms with Gasteiger partial charge in [0.05, 0.1) is 0 Å². The van der Waals surface area contributed by atoms with Gasteiger partial charge in [0.2, 0.25) is 5.75 Å². The van der Waals surface area contributed by atoms with E-state index in [0.717, 1.165) is 24.7 Å². The number of phenols is 3. The molecule has 0 saturated heterocycles. The van der Waals surface area contributed by atoms with Crippen molar-refractivity contribution in [1.82, 2.24) is 0 Å². The molecule has 4 rings (SSSR count). The van der Waals surface area contributed by atoms with E-state index in [1.54, 1.807) is 24.3 Å². The van der Waals surface area contributed by atoms with E-state index in [4.69, 9.17) is 9.15 Å². The molecular formula is C21H16O6. The molecule has 1 aliphatic carbocycles. The number of phenolic OH excluding ortho intramolecular Hbond substituents is 3. The highest BCUT2D eigenvalue weighted by Crippen LogP contribution is 2.40. The zero-order chi connectivity index (χ0) is 19.0. The molecule has 0 amide bonds. The molecule has 1 aromatic heterocycles. The highest BCUT2D eigenvalue weighted by Gasteiger charge is 2.17. The van der Waals surface area contributed by atoms with E-state index in [-0.39, 0.29) is 16.7 Å². The van der Waals surface area contributed by atoms with E-state index in [1.165, 1.54) is 6.07 Å². The molecule has 0 bridgehead atoms. The van der Waals surface area contributed by atoms with Crippen LogP contribution in [-0.4, -0.2) is 15.3 Å². The summed E-state index contributed by atoms with van der Waals surface area (Å²) in [4.78, 5) is 12.4. The second-order valence-electron chi connectivity index (χ2n) is 6.16. The lowest BCUT2D eigenvalue weighted by Crippen LogP contribution is -2.01. The Balaban J connectivity index is 1.77. The Bertz CT molecular complexity index is 1150. The quantitative estimate of drug-likeness (QED) is 0.603. The third-order valence-corrected chi connectivity index (χ3v) is 4.26. The summed E-state index contributed by atoms with van der Waals surface area (Å²) in [6.07, 6.45) is 7.86. The number of ether oxygens (including phenoxy) is 1. The first-order valence-corrected chi connectivity index (χ1v) is 8.39. The monoisotopic (exact) mass is 364 g/mol. The van der Waals surface area contributed by atoms with Crippen LogP contribution in [0.15, 0.2) is 69.6 Å². The fourth-order valence-electron chi connectivity index (χ4n) is 2.94. The lowest BCUT2D eigenvalue weighted by molar-refractivity contribution is 0.370. The first kappa shape index (κ1) is 16.8. The van der Waals surface area contributed by atoms with Crippen molar-refractivity contribution in [2.24, 2.45) is 0 Å². The van der Waals surface area contributed by atoms with Gasteiger partial charge < -0.3 is 24.5 Å². The van der Waals surface area contributed by atoms with Gasteiger partial charge in [-0.1, -0.05) is 18.2 Å². The number of allylic oxidation sites excluding steroid dienone is 3. The molecule has 0 aliphatic heterocycles. The molecule has 0 radical (unpaired) electrons. The van der Waals surface area contributed by atoms with Gasteiger partial charge in [-0.15, -0.1) is 0 Å². The molecule has 1 aliphatic rings. The number of hydrogen-bond donors (Lipinski definition) is 3. The summed E-state index contributed by atoms with van der Waals surface area (Å²) in [5.74, 6) is -0.456. The molecule has 0 unspecified atom stereocenters. The number of aromatic hydroxyl groups is 3. The topological polar surface area (TPSA) is 100 Å². The number of rotatable bonds is 3. The van der Waals surface area contributed by atoms with Gasteiger partial charge in [-0.3, -0.25) is 4.79 Å². The summed E-state index contributed by atoms with van der Waals surface area (Å²) >= 11 is 0. The highest BCUT2D eigenvalue weighted by molar-refractivity contribution is 5.89. The van der Waals surface area contributed by atoms with Crippen LogP contribution in [0.3, 0.4) is 0 Å². The van der Waals surface area contributed by atoms with E-state index >= 15 is 0 Å². The Morgan fingerprint density at radius 1 is 1.00 bits per heavy atom. The average Bonchev–Trinajstić information content (AvgIpc) is 2.67. The Kier molecular flexibility index (Phi) is 4.08. The van der Waals surface area contributed by atoms with Crippen molar-refractivity contribution in [2.75, 3.05) is 0 Å². The Labute approximate surface area is 153 Å². The van der Waals surface area contributed by atoms with Crippen molar-refractivity contribution in [3.8, 4) is 34.3 Å². The molecule has 1 heterocycles. The van der Waals surface area contributed by atoms with E-state index in [9.17, 15) is 20.1 Å². The molecule has 0 spiro atoms. The molecule has 2 aromatic carbocycles. The zero-order valence-corrected chi connectivity index (χ0v) is 14.2. The van der Waals surface area contributed by atoms with E-state index in [0.29, 0.717) is 11.3 Å². The van der Waals surface area contributed by atoms with Gasteiger partial charge in [-0.05, 0) is 37.1 Å². The number of fused-ring (bicyclic) bond motifs is 1. The van der Waals surface area contributed by atoms with Crippen LogP contribution in [0.5, 0.6) is 23.0 Å². The highest BCUT2D eigenvalue weighted by atomic mass is 16.5. The van der Waals surface area contributed by atoms with Gasteiger partial charge in [0.1, 0.15) is 28.2 Å². The molecule has 6 nitrogen and oxygen atoms in total. The van der Waals surface area contributed by atoms with Crippen LogP contribution in [0.25, 0.3) is 22.3 Å². The molecule has 6 heteroatoms. The first-order chi connectivity index (χ1) is 13.0. The van der Waals surface area contributed by atoms with Gasteiger partial charge in [0.15, 0.2) is 16.9 Å². The van der Waals surface area contributed by atoms with E-state index in [2.05, 4.69) is 0 Å². The van der Waals surface area contributed by atoms with E-state index in [1.807, 2.05) is 18.2 Å². The predicted molar refractivity (Wildman–Crippen MR) is 100.0 cm³/mol. The summed E-state index contributed by atoms with van der Waals surface area (Å²) in [7, 11) is 0. The first-order valence-electron chi connectivity index (χ1n) is 8.39. The lowest BCUT2D eigenvalue weighted by Gasteiger charge is -2.11. The Hall–Kier alpha value is -3.67. The largest absolute Gasteiger partial charge is 0.504 e. The van der Waals surface area contributed by atoms with Crippen molar-refractivity contribution in [2.45, 2.75) is 12.8 Å². The minimum atomic E-state index is -0.758. The summed E-state index contributed by atoms with van der Waals surface area (Å²) in [5.41, 5.74) is 0.0248. The Morgan fingerprint density at radius 2 is 1.85 bits per heavy atom. The number of hydrogen-bond acceptors (Lipinski definition) is 6. The van der Waals surface area contributed by atoms with Gasteiger partial charge in [-0.2, -0.15) is 0 Å². The fourth-order valence-corrected chi connectivity index (χ4v) is 2.94. The van der Waals surface area contributed by atoms with Crippen molar-refractivity contribution in [3.05, 3.63) is 70.6 Å². The van der Waals surface area contributed by atoms with Gasteiger partial charge in [0.25, 0.3) is 0 Å². The van der Waals surface area contributed by atoms with Gasteiger partial charge in [0, 0.05) is 17.7 Å². The summed E-state index contributed by atoms with van der Waals surface area (Å²) in [6.45, 7) is 0. The van der Waals surface area contributed by atoms with Gasteiger partial charge in [-0.25, -0.2) is 0 Å². The SMILES string of the molecule is O=c1cc(-c2cccc(OC3=CCCC=C3)c2)oc2cc(O)c(O)c(O)c12. The molecule has 0 fully saturated rings. The Morgan fingerprint density at radius 3 is 2.63 bits per heavy atom. The standard InChI is InChI=1S/C21H16O6/c22-15-10-17(27-18-11-16(23)20(24)21(25)19(15)18)12-5-4-8-14(9-12)26-13-6-2-1-3-7-13/h2,4-11,23-25H,1,3H2. The van der Waals surface area contributed by atoms with Crippen LogP contribution in [-0.2, 0) is 0 Å². The minimum Gasteiger partial charge on any atom is -0.504 e. The zero-order valence-electron chi connectivity index (χ0n) is 14.2. The van der Waals surface area contributed by atoms with Crippen molar-refractivity contribution >= 4 is 11.0 Å². The predicted octanol–water partition coefficient (Wildman–Crippen LogP) is 4.19. The van der Waals surface area contributed by atoms with Crippen LogP contribution in [0.1, 0.15) is 12.8 Å². The van der Waals surface area contributed by atoms with Gasteiger partial charge >= 0.3 is 0 Å². The summed E-state index contributed by atoms with van der Waals surface area (Å²) in [5, 5.41) is 29.0. The van der Waals surface area contributed by atoms with Crippen molar-refractivity contribution in [3.63, 3.8) is 0 Å². The molecule has 0 saturated carbocycles. The second-order valence-corrected chi connectivity index (χ2v) is 6.16. The second kappa shape index (κ2) is 6.57. The molecular weight excluding hydrogens is 348 g/mol. The molecule has 0 atom stereocenters. The third-order valence-electron chi connectivity index (χ3n) is 4.26. The normalized spacial score (nSPS) is 13.6. The molecule has 3 N–H and O–H groups in total. The van der Waals surface area contributed by atoms with Crippen LogP contribution < -0.4 is 10.2 Å². The fraction of sp³-hybridized carbons (Fsp3) is 0.0952. The molecule has 27 heavy (non-hydrogen) atoms. The summed E-state index contributed by atoms with van der Waals surface area (Å²) < 4.78 is 11.5. The number of benzene rings is 2. The van der Waals surface area contributed by atoms with Crippen LogP contribution in [0.2, 0.25) is 0 Å². The summed E-state index contributed by atoms with van der Waals surface area (Å²) in [6, 6.07) is 9.36. The van der Waals surface area contributed by atoms with Crippen LogP contribution >= 0.6 is 0 Å². The maximum Gasteiger partial charge on any atom is 0.201 e. The lowest BCUT2D eigenvalue weighted by atomic mass is 10.1. The van der Waals surface area contributed by atoms with Crippen molar-refractivity contribution < 1.29 is 24.5 Å². The maximum absolute atomic E-state index is 12.4. The van der Waals surface area contributed by atoms with Crippen LogP contribution in [0.4, 0.5) is 0 Å². The average molecular weight is 364 g/mol. The van der Waals surface area contributed by atoms with Crippen molar-refractivity contribution in [1.29, 1.82) is 0 Å². The maximum atomic E-state index is 12.4. The smallest absolute Gasteiger partial charge is 0.201 e. The van der Waals surface area contributed by atoms with E-state index < -0.39 is 22.7 Å². The van der Waals surface area contributed by atoms with Crippen LogP contribution in [0, 0.1) is 0 Å². The third kappa shape index (κ3) is 3.13.